The summed E-state index contributed by atoms with van der Waals surface area (Å²) in [6.45, 7) is 3.75. The van der Waals surface area contributed by atoms with Crippen LogP contribution in [0.1, 0.15) is 13.8 Å². The smallest absolute Gasteiger partial charge is 0.250 e. The fourth-order valence-electron chi connectivity index (χ4n) is 2.20. The van der Waals surface area contributed by atoms with Crippen LogP contribution < -0.4 is 15.0 Å². The molecule has 5 nitrogen and oxygen atoms in total. The lowest BCUT2D eigenvalue weighted by molar-refractivity contribution is -0.132. The summed E-state index contributed by atoms with van der Waals surface area (Å²) in [5.74, 6) is 0.185. The first-order valence-corrected chi connectivity index (χ1v) is 6.76. The summed E-state index contributed by atoms with van der Waals surface area (Å²) in [5.41, 5.74) is 0.519. The molecular formula is C14H17ClN2O3. The van der Waals surface area contributed by atoms with E-state index in [9.17, 15) is 9.59 Å². The van der Waals surface area contributed by atoms with Crippen LogP contribution in [-0.2, 0) is 9.59 Å². The van der Waals surface area contributed by atoms with Gasteiger partial charge in [0.05, 0.1) is 12.8 Å². The van der Waals surface area contributed by atoms with Crippen LogP contribution in [-0.4, -0.2) is 31.5 Å². The summed E-state index contributed by atoms with van der Waals surface area (Å²) in [6, 6.07) is 4.47. The maximum Gasteiger partial charge on any atom is 0.250 e. The van der Waals surface area contributed by atoms with Crippen LogP contribution in [0.4, 0.5) is 5.69 Å². The van der Waals surface area contributed by atoms with E-state index in [-0.39, 0.29) is 24.3 Å². The molecule has 0 bridgehead atoms. The number of hydrogen-bond donors (Lipinski definition) is 1. The molecule has 1 fully saturated rings. The second kappa shape index (κ2) is 5.71. The standard InChI is InChI=1S/C14H17ClN2O3/c1-8(2)13-14(19)17(7-12(18)16-13)10-6-9(15)4-5-11(10)20-3/h4-6,8,13H,7H2,1-3H3,(H,16,18). The molecule has 1 aromatic rings. The quantitative estimate of drug-likeness (QED) is 0.926. The Morgan fingerprint density at radius 2 is 2.10 bits per heavy atom. The van der Waals surface area contributed by atoms with Crippen LogP contribution in [0.15, 0.2) is 18.2 Å². The molecule has 0 aliphatic carbocycles. The molecule has 1 aromatic carbocycles. The maximum atomic E-state index is 12.5. The molecule has 1 aliphatic heterocycles. The Hall–Kier alpha value is -1.75. The number of methoxy groups -OCH3 is 1. The van der Waals surface area contributed by atoms with Crippen LogP contribution in [0, 0.1) is 5.92 Å². The van der Waals surface area contributed by atoms with Gasteiger partial charge in [-0.15, -0.1) is 0 Å². The number of benzene rings is 1. The fourth-order valence-corrected chi connectivity index (χ4v) is 2.37. The first kappa shape index (κ1) is 14.7. The number of ether oxygens (including phenoxy) is 1. The molecule has 0 aromatic heterocycles. The summed E-state index contributed by atoms with van der Waals surface area (Å²) in [6.07, 6.45) is 0. The van der Waals surface area contributed by atoms with E-state index in [1.165, 1.54) is 12.0 Å². The monoisotopic (exact) mass is 296 g/mol. The van der Waals surface area contributed by atoms with Gasteiger partial charge in [-0.1, -0.05) is 25.4 Å². The van der Waals surface area contributed by atoms with E-state index in [1.54, 1.807) is 18.2 Å². The van der Waals surface area contributed by atoms with Gasteiger partial charge in [0.2, 0.25) is 11.8 Å². The Labute approximate surface area is 122 Å². The van der Waals surface area contributed by atoms with E-state index < -0.39 is 6.04 Å². The van der Waals surface area contributed by atoms with Crippen LogP contribution in [0.2, 0.25) is 5.02 Å². The molecule has 0 spiro atoms. The van der Waals surface area contributed by atoms with Crippen molar-refractivity contribution in [3.63, 3.8) is 0 Å². The van der Waals surface area contributed by atoms with Gasteiger partial charge in [0.25, 0.3) is 0 Å². The van der Waals surface area contributed by atoms with Gasteiger partial charge in [-0.3, -0.25) is 14.5 Å². The van der Waals surface area contributed by atoms with Crippen molar-refractivity contribution < 1.29 is 14.3 Å². The summed E-state index contributed by atoms with van der Waals surface area (Å²) in [7, 11) is 1.52. The molecule has 1 unspecified atom stereocenters. The van der Waals surface area contributed by atoms with E-state index in [4.69, 9.17) is 16.3 Å². The number of hydrogen-bond acceptors (Lipinski definition) is 3. The lowest BCUT2D eigenvalue weighted by atomic mass is 10.00. The lowest BCUT2D eigenvalue weighted by Crippen LogP contribution is -2.60. The number of nitrogens with zero attached hydrogens (tertiary/aromatic N) is 1. The highest BCUT2D eigenvalue weighted by Crippen LogP contribution is 2.32. The van der Waals surface area contributed by atoms with E-state index in [0.717, 1.165) is 0 Å². The zero-order valence-corrected chi connectivity index (χ0v) is 12.4. The minimum Gasteiger partial charge on any atom is -0.495 e. The highest BCUT2D eigenvalue weighted by molar-refractivity contribution is 6.31. The van der Waals surface area contributed by atoms with Gasteiger partial charge in [0, 0.05) is 5.02 Å². The van der Waals surface area contributed by atoms with Crippen molar-refractivity contribution in [2.75, 3.05) is 18.6 Å². The normalized spacial score (nSPS) is 19.2. The summed E-state index contributed by atoms with van der Waals surface area (Å²) in [5, 5.41) is 3.20. The van der Waals surface area contributed by atoms with E-state index in [1.807, 2.05) is 13.8 Å². The number of amides is 2. The number of halogens is 1. The third-order valence-electron chi connectivity index (χ3n) is 3.25. The topological polar surface area (TPSA) is 58.6 Å². The van der Waals surface area contributed by atoms with E-state index >= 15 is 0 Å². The van der Waals surface area contributed by atoms with Crippen LogP contribution >= 0.6 is 11.6 Å². The molecule has 2 amide bonds. The van der Waals surface area contributed by atoms with Gasteiger partial charge in [-0.05, 0) is 24.1 Å². The molecule has 108 valence electrons. The average Bonchev–Trinajstić information content (AvgIpc) is 2.40. The number of piperazine rings is 1. The Morgan fingerprint density at radius 1 is 1.40 bits per heavy atom. The van der Waals surface area contributed by atoms with Crippen LogP contribution in [0.5, 0.6) is 5.75 Å². The first-order chi connectivity index (χ1) is 9.43. The molecule has 1 N–H and O–H groups in total. The molecule has 1 atom stereocenters. The third kappa shape index (κ3) is 2.72. The minimum absolute atomic E-state index is 0.0134. The van der Waals surface area contributed by atoms with Gasteiger partial charge in [0.15, 0.2) is 0 Å². The molecule has 6 heteroatoms. The molecule has 1 heterocycles. The van der Waals surface area contributed by atoms with Crippen LogP contribution in [0.3, 0.4) is 0 Å². The van der Waals surface area contributed by atoms with Crippen molar-refractivity contribution in [2.45, 2.75) is 19.9 Å². The Kier molecular flexibility index (Phi) is 4.18. The highest BCUT2D eigenvalue weighted by Gasteiger charge is 2.36. The van der Waals surface area contributed by atoms with Crippen molar-refractivity contribution in [3.8, 4) is 5.75 Å². The molecular weight excluding hydrogens is 280 g/mol. The molecule has 0 radical (unpaired) electrons. The first-order valence-electron chi connectivity index (χ1n) is 6.38. The number of rotatable bonds is 3. The largest absolute Gasteiger partial charge is 0.495 e. The summed E-state index contributed by atoms with van der Waals surface area (Å²) < 4.78 is 5.25. The van der Waals surface area contributed by atoms with Crippen LogP contribution in [0.25, 0.3) is 0 Å². The third-order valence-corrected chi connectivity index (χ3v) is 3.48. The zero-order valence-electron chi connectivity index (χ0n) is 11.6. The van der Waals surface area contributed by atoms with Crippen molar-refractivity contribution in [1.82, 2.24) is 5.32 Å². The van der Waals surface area contributed by atoms with E-state index in [0.29, 0.717) is 16.5 Å². The molecule has 1 aliphatic rings. The molecule has 2 rings (SSSR count). The van der Waals surface area contributed by atoms with E-state index in [2.05, 4.69) is 5.32 Å². The van der Waals surface area contributed by atoms with Crippen molar-refractivity contribution in [3.05, 3.63) is 23.2 Å². The zero-order chi connectivity index (χ0) is 14.9. The van der Waals surface area contributed by atoms with Gasteiger partial charge >= 0.3 is 0 Å². The van der Waals surface area contributed by atoms with Crippen molar-refractivity contribution >= 4 is 29.1 Å². The molecule has 0 saturated carbocycles. The average molecular weight is 297 g/mol. The number of nitrogens with one attached hydrogen (secondary N) is 1. The molecule has 20 heavy (non-hydrogen) atoms. The number of carbonyl (C=O) groups excluding carboxylic acids is 2. The second-order valence-electron chi connectivity index (χ2n) is 5.03. The van der Waals surface area contributed by atoms with Gasteiger partial charge in [0.1, 0.15) is 18.3 Å². The van der Waals surface area contributed by atoms with Gasteiger partial charge in [-0.2, -0.15) is 0 Å². The maximum absolute atomic E-state index is 12.5. The second-order valence-corrected chi connectivity index (χ2v) is 5.47. The SMILES string of the molecule is COc1ccc(Cl)cc1N1CC(=O)NC(C(C)C)C1=O. The predicted octanol–water partition coefficient (Wildman–Crippen LogP) is 1.84. The Balaban J connectivity index is 2.42. The minimum atomic E-state index is -0.528. The summed E-state index contributed by atoms with van der Waals surface area (Å²) in [4.78, 5) is 25.7. The van der Waals surface area contributed by atoms with Gasteiger partial charge < -0.3 is 10.1 Å². The summed E-state index contributed by atoms with van der Waals surface area (Å²) >= 11 is 5.98. The van der Waals surface area contributed by atoms with Crippen molar-refractivity contribution in [2.24, 2.45) is 5.92 Å². The number of carbonyl (C=O) groups is 2. The predicted molar refractivity (Wildman–Crippen MR) is 77.1 cm³/mol. The number of anilines is 1. The molecule has 1 saturated heterocycles. The highest BCUT2D eigenvalue weighted by atomic mass is 35.5. The Bertz CT molecular complexity index is 545. The van der Waals surface area contributed by atoms with Crippen molar-refractivity contribution in [1.29, 1.82) is 0 Å². The Morgan fingerprint density at radius 3 is 2.70 bits per heavy atom. The van der Waals surface area contributed by atoms with Gasteiger partial charge in [-0.25, -0.2) is 0 Å². The lowest BCUT2D eigenvalue weighted by Gasteiger charge is -2.35. The fraction of sp³-hybridized carbons (Fsp3) is 0.429.